The number of anilines is 1. The highest BCUT2D eigenvalue weighted by atomic mass is 35.5. The molecular formula is C21H20ClN5O3. The van der Waals surface area contributed by atoms with Gasteiger partial charge in [-0.05, 0) is 12.1 Å². The molecule has 2 heterocycles. The zero-order valence-electron chi connectivity index (χ0n) is 16.2. The molecule has 1 aromatic heterocycles. The summed E-state index contributed by atoms with van der Waals surface area (Å²) in [7, 11) is 0. The van der Waals surface area contributed by atoms with Gasteiger partial charge in [0.2, 0.25) is 0 Å². The summed E-state index contributed by atoms with van der Waals surface area (Å²) in [5.41, 5.74) is 1.10. The highest BCUT2D eigenvalue weighted by molar-refractivity contribution is 6.34. The zero-order valence-corrected chi connectivity index (χ0v) is 16.9. The fraction of sp³-hybridized carbons (Fsp3) is 0.286. The van der Waals surface area contributed by atoms with Crippen LogP contribution >= 0.6 is 11.6 Å². The third-order valence-electron chi connectivity index (χ3n) is 5.39. The summed E-state index contributed by atoms with van der Waals surface area (Å²) < 4.78 is 1.11. The van der Waals surface area contributed by atoms with Crippen molar-refractivity contribution in [1.29, 1.82) is 5.26 Å². The normalized spacial score (nSPS) is 14.8. The summed E-state index contributed by atoms with van der Waals surface area (Å²) >= 11 is 6.47. The molecule has 0 bridgehead atoms. The van der Waals surface area contributed by atoms with Crippen molar-refractivity contribution in [2.75, 3.05) is 44.2 Å². The molecule has 0 spiro atoms. The number of hydrogen-bond acceptors (Lipinski definition) is 6. The second kappa shape index (κ2) is 8.32. The second-order valence-electron chi connectivity index (χ2n) is 7.11. The summed E-state index contributed by atoms with van der Waals surface area (Å²) in [6.45, 7) is 3.62. The Balaban J connectivity index is 1.84. The molecule has 0 amide bonds. The van der Waals surface area contributed by atoms with Crippen molar-refractivity contribution in [3.8, 4) is 17.3 Å². The maximum absolute atomic E-state index is 13.3. The Morgan fingerprint density at radius 1 is 1.03 bits per heavy atom. The molecule has 2 aromatic carbocycles. The van der Waals surface area contributed by atoms with E-state index in [1.807, 2.05) is 6.07 Å². The quantitative estimate of drug-likeness (QED) is 0.500. The van der Waals surface area contributed by atoms with Crippen LogP contribution in [0.3, 0.4) is 0 Å². The van der Waals surface area contributed by atoms with Crippen LogP contribution in [-0.4, -0.2) is 49.3 Å². The average Bonchev–Trinajstić information content (AvgIpc) is 2.77. The van der Waals surface area contributed by atoms with Crippen LogP contribution < -0.4 is 14.4 Å². The molecule has 3 aromatic rings. The Morgan fingerprint density at radius 2 is 1.70 bits per heavy atom. The number of aromatic nitrogens is 2. The summed E-state index contributed by atoms with van der Waals surface area (Å²) in [5.74, 6) is 0. The van der Waals surface area contributed by atoms with Gasteiger partial charge in [-0.2, -0.15) is 9.99 Å². The number of halogens is 1. The Hall–Kier alpha value is -3.12. The fourth-order valence-electron chi connectivity index (χ4n) is 3.84. The molecule has 0 unspecified atom stereocenters. The smallest absolute Gasteiger partial charge is 0.369 e. The molecule has 1 saturated heterocycles. The van der Waals surface area contributed by atoms with Gasteiger partial charge in [-0.15, -0.1) is 4.73 Å². The maximum Gasteiger partial charge on any atom is 0.369 e. The lowest BCUT2D eigenvalue weighted by Crippen LogP contribution is -2.47. The van der Waals surface area contributed by atoms with Crippen molar-refractivity contribution >= 4 is 28.3 Å². The SMILES string of the molecule is N#Cc1c(-c2ccccc2)[n+]([O-])c2cc(N3CCN(CCO)CC3)c(Cl)cc2[n+]1[O-]. The number of aliphatic hydroxyl groups is 1. The van der Waals surface area contributed by atoms with Gasteiger partial charge in [0.05, 0.1) is 22.9 Å². The highest BCUT2D eigenvalue weighted by Crippen LogP contribution is 2.31. The predicted molar refractivity (Wildman–Crippen MR) is 113 cm³/mol. The number of benzene rings is 2. The minimum absolute atomic E-state index is 0.0154. The van der Waals surface area contributed by atoms with Crippen molar-refractivity contribution < 1.29 is 14.6 Å². The summed E-state index contributed by atoms with van der Waals surface area (Å²) in [6, 6.07) is 13.6. The van der Waals surface area contributed by atoms with Crippen LogP contribution in [0, 0.1) is 21.7 Å². The van der Waals surface area contributed by atoms with Gasteiger partial charge >= 0.3 is 11.4 Å². The summed E-state index contributed by atoms with van der Waals surface area (Å²) in [6.07, 6.45) is 0. The lowest BCUT2D eigenvalue weighted by atomic mass is 10.1. The van der Waals surface area contributed by atoms with E-state index in [2.05, 4.69) is 9.80 Å². The maximum atomic E-state index is 13.3. The van der Waals surface area contributed by atoms with Crippen LogP contribution in [0.15, 0.2) is 42.5 Å². The molecular weight excluding hydrogens is 406 g/mol. The Morgan fingerprint density at radius 3 is 2.33 bits per heavy atom. The lowest BCUT2D eigenvalue weighted by molar-refractivity contribution is -0.622. The molecule has 4 rings (SSSR count). The predicted octanol–water partition coefficient (Wildman–Crippen LogP) is 1.41. The van der Waals surface area contributed by atoms with Crippen LogP contribution in [-0.2, 0) is 0 Å². The van der Waals surface area contributed by atoms with Gasteiger partial charge in [-0.1, -0.05) is 29.8 Å². The minimum Gasteiger partial charge on any atom is -0.617 e. The van der Waals surface area contributed by atoms with Crippen molar-refractivity contribution in [1.82, 2.24) is 4.90 Å². The first kappa shape index (κ1) is 20.2. The third kappa shape index (κ3) is 3.48. The zero-order chi connectivity index (χ0) is 21.3. The monoisotopic (exact) mass is 425 g/mol. The molecule has 1 aliphatic heterocycles. The van der Waals surface area contributed by atoms with E-state index in [0.717, 1.165) is 13.1 Å². The molecule has 1 N–H and O–H groups in total. The molecule has 8 nitrogen and oxygen atoms in total. The van der Waals surface area contributed by atoms with Gasteiger partial charge in [0.1, 0.15) is 0 Å². The number of β-amino-alcohol motifs (C(OH)–C–C–N with tert-alkyl or cyclic N) is 1. The Labute approximate surface area is 178 Å². The minimum atomic E-state index is -0.273. The molecule has 0 aliphatic carbocycles. The van der Waals surface area contributed by atoms with Crippen molar-refractivity contribution in [2.24, 2.45) is 0 Å². The van der Waals surface area contributed by atoms with Crippen molar-refractivity contribution in [2.45, 2.75) is 0 Å². The van der Waals surface area contributed by atoms with E-state index in [1.54, 1.807) is 36.4 Å². The Kier molecular flexibility index (Phi) is 5.59. The summed E-state index contributed by atoms with van der Waals surface area (Å²) in [4.78, 5) is 4.21. The van der Waals surface area contributed by atoms with E-state index >= 15 is 0 Å². The topological polar surface area (TPSA) is 104 Å². The average molecular weight is 426 g/mol. The molecule has 0 radical (unpaired) electrons. The van der Waals surface area contributed by atoms with E-state index < -0.39 is 0 Å². The summed E-state index contributed by atoms with van der Waals surface area (Å²) in [5, 5.41) is 45.2. The lowest BCUT2D eigenvalue weighted by Gasteiger charge is -2.36. The highest BCUT2D eigenvalue weighted by Gasteiger charge is 2.31. The second-order valence-corrected chi connectivity index (χ2v) is 7.52. The van der Waals surface area contributed by atoms with Gasteiger partial charge in [-0.25, -0.2) is 0 Å². The van der Waals surface area contributed by atoms with Gasteiger partial charge < -0.3 is 20.4 Å². The fourth-order valence-corrected chi connectivity index (χ4v) is 4.12. The number of fused-ring (bicyclic) bond motifs is 1. The van der Waals surface area contributed by atoms with Crippen LogP contribution in [0.2, 0.25) is 5.02 Å². The molecule has 1 aliphatic rings. The number of nitriles is 1. The number of nitrogens with zero attached hydrogens (tertiary/aromatic N) is 5. The van der Waals surface area contributed by atoms with Crippen LogP contribution in [0.25, 0.3) is 22.3 Å². The van der Waals surface area contributed by atoms with Crippen molar-refractivity contribution in [3.05, 3.63) is 63.6 Å². The molecule has 0 atom stereocenters. The van der Waals surface area contributed by atoms with Crippen LogP contribution in [0.4, 0.5) is 5.69 Å². The number of hydrogen-bond donors (Lipinski definition) is 1. The van der Waals surface area contributed by atoms with Gasteiger partial charge in [0.15, 0.2) is 6.07 Å². The van der Waals surface area contributed by atoms with Crippen LogP contribution in [0.1, 0.15) is 5.69 Å². The van der Waals surface area contributed by atoms with Gasteiger partial charge in [-0.3, -0.25) is 4.90 Å². The third-order valence-corrected chi connectivity index (χ3v) is 5.70. The van der Waals surface area contributed by atoms with Gasteiger partial charge in [0, 0.05) is 44.9 Å². The van der Waals surface area contributed by atoms with E-state index in [1.165, 1.54) is 6.07 Å². The van der Waals surface area contributed by atoms with E-state index in [9.17, 15) is 15.7 Å². The first-order chi connectivity index (χ1) is 14.5. The number of piperazine rings is 1. The van der Waals surface area contributed by atoms with Crippen molar-refractivity contribution in [3.63, 3.8) is 0 Å². The first-order valence-corrected chi connectivity index (χ1v) is 9.99. The number of rotatable bonds is 4. The number of aliphatic hydroxyl groups excluding tert-OH is 1. The molecule has 30 heavy (non-hydrogen) atoms. The van der Waals surface area contributed by atoms with Gasteiger partial charge in [0.25, 0.3) is 11.0 Å². The van der Waals surface area contributed by atoms with E-state index in [0.29, 0.717) is 45.4 Å². The first-order valence-electron chi connectivity index (χ1n) is 9.61. The standard InChI is InChI=1S/C21H20ClN5O3/c22-16-12-18-19(13-17(16)25-8-6-24(7-9-25)10-11-28)27(30)21(20(14-23)26(18)29)15-4-2-1-3-5-15/h1-5,12-13,28H,6-11H2. The molecule has 1 fully saturated rings. The van der Waals surface area contributed by atoms with Crippen LogP contribution in [0.5, 0.6) is 0 Å². The molecule has 9 heteroatoms. The Bertz CT molecular complexity index is 1130. The largest absolute Gasteiger partial charge is 0.617 e. The molecule has 0 saturated carbocycles. The van der Waals surface area contributed by atoms with E-state index in [4.69, 9.17) is 16.7 Å². The molecule has 154 valence electrons. The van der Waals surface area contributed by atoms with E-state index in [-0.39, 0.29) is 29.0 Å².